The molecule has 0 saturated heterocycles. The largest absolute Gasteiger partial charge is 0.480 e. The Hall–Kier alpha value is -3.88. The molecule has 0 aliphatic carbocycles. The minimum Gasteiger partial charge on any atom is -0.480 e. The molecule has 3 atom stereocenters. The fourth-order valence-electron chi connectivity index (χ4n) is 4.05. The molecule has 0 fully saturated rings. The van der Waals surface area contributed by atoms with Crippen LogP contribution in [0, 0.1) is 5.92 Å². The van der Waals surface area contributed by atoms with E-state index in [4.69, 9.17) is 9.47 Å². The normalized spacial score (nSPS) is 16.4. The van der Waals surface area contributed by atoms with Crippen molar-refractivity contribution < 1.29 is 33.8 Å². The van der Waals surface area contributed by atoms with Gasteiger partial charge >= 0.3 is 18.0 Å². The molecule has 35 heavy (non-hydrogen) atoms. The maximum atomic E-state index is 13.3. The van der Waals surface area contributed by atoms with Crippen molar-refractivity contribution in [1.82, 2.24) is 10.2 Å². The molecule has 0 saturated carbocycles. The number of amides is 2. The van der Waals surface area contributed by atoms with Crippen molar-refractivity contribution >= 4 is 23.9 Å². The van der Waals surface area contributed by atoms with Crippen molar-refractivity contribution in [3.05, 3.63) is 71.3 Å². The molecule has 2 aromatic rings. The summed E-state index contributed by atoms with van der Waals surface area (Å²) in [7, 11) is 0. The van der Waals surface area contributed by atoms with Crippen molar-refractivity contribution in [3.63, 3.8) is 0 Å². The average Bonchev–Trinajstić information content (AvgIpc) is 2.85. The minimum atomic E-state index is -1.33. The third-order valence-electron chi connectivity index (χ3n) is 5.92. The number of hydrogen-bond acceptors (Lipinski definition) is 6. The van der Waals surface area contributed by atoms with Gasteiger partial charge in [-0.2, -0.15) is 0 Å². The molecule has 0 radical (unpaired) electrons. The van der Waals surface area contributed by atoms with Crippen molar-refractivity contribution in [3.8, 4) is 0 Å². The van der Waals surface area contributed by atoms with Crippen LogP contribution in [0.3, 0.4) is 0 Å². The average molecular weight is 483 g/mol. The van der Waals surface area contributed by atoms with Crippen LogP contribution in [0.25, 0.3) is 0 Å². The van der Waals surface area contributed by atoms with Crippen LogP contribution in [0.5, 0.6) is 0 Å². The number of aliphatic carboxylic acids is 1. The van der Waals surface area contributed by atoms with Crippen LogP contribution in [-0.2, 0) is 43.4 Å². The predicted molar refractivity (Wildman–Crippen MR) is 126 cm³/mol. The summed E-state index contributed by atoms with van der Waals surface area (Å²) in [6, 6.07) is 14.3. The van der Waals surface area contributed by atoms with Crippen molar-refractivity contribution in [2.75, 3.05) is 6.61 Å². The van der Waals surface area contributed by atoms with E-state index < -0.39 is 41.9 Å². The maximum Gasteiger partial charge on any atom is 0.411 e. The molecule has 1 heterocycles. The molecule has 2 N–H and O–H groups in total. The second kappa shape index (κ2) is 12.0. The number of benzene rings is 2. The van der Waals surface area contributed by atoms with Gasteiger partial charge in [0.1, 0.15) is 18.7 Å². The van der Waals surface area contributed by atoms with Gasteiger partial charge in [-0.3, -0.25) is 14.5 Å². The number of fused-ring (bicyclic) bond motifs is 1. The van der Waals surface area contributed by atoms with E-state index in [0.717, 1.165) is 16.7 Å². The number of esters is 1. The lowest BCUT2D eigenvalue weighted by atomic mass is 9.92. The van der Waals surface area contributed by atoms with Crippen LogP contribution in [0.1, 0.15) is 37.0 Å². The van der Waals surface area contributed by atoms with E-state index in [1.54, 1.807) is 13.8 Å². The van der Waals surface area contributed by atoms with Crippen LogP contribution < -0.4 is 5.32 Å². The Morgan fingerprint density at radius 1 is 1.03 bits per heavy atom. The summed E-state index contributed by atoms with van der Waals surface area (Å²) in [6.07, 6.45) is -0.627. The highest BCUT2D eigenvalue weighted by molar-refractivity contribution is 5.90. The smallest absolute Gasteiger partial charge is 0.411 e. The molecule has 9 heteroatoms. The Balaban J connectivity index is 1.77. The first-order valence-electron chi connectivity index (χ1n) is 11.5. The van der Waals surface area contributed by atoms with Gasteiger partial charge in [0.25, 0.3) is 0 Å². The molecule has 1 aliphatic rings. The summed E-state index contributed by atoms with van der Waals surface area (Å²) in [5, 5.41) is 12.2. The summed E-state index contributed by atoms with van der Waals surface area (Å²) >= 11 is 0. The molecule has 9 nitrogen and oxygen atoms in total. The maximum absolute atomic E-state index is 13.3. The van der Waals surface area contributed by atoms with E-state index in [1.165, 1.54) is 4.90 Å². The Labute approximate surface area is 204 Å². The van der Waals surface area contributed by atoms with Crippen LogP contribution >= 0.6 is 0 Å². The number of carboxylic acid groups (broad SMARTS) is 1. The first kappa shape index (κ1) is 25.7. The van der Waals surface area contributed by atoms with E-state index in [-0.39, 0.29) is 32.6 Å². The van der Waals surface area contributed by atoms with Crippen LogP contribution in [0.2, 0.25) is 0 Å². The van der Waals surface area contributed by atoms with Crippen LogP contribution in [0.4, 0.5) is 4.79 Å². The molecule has 3 rings (SSSR count). The number of rotatable bonds is 9. The van der Waals surface area contributed by atoms with Gasteiger partial charge in [0.15, 0.2) is 0 Å². The highest BCUT2D eigenvalue weighted by atomic mass is 16.6. The Kier molecular flexibility index (Phi) is 8.83. The topological polar surface area (TPSA) is 122 Å². The lowest BCUT2D eigenvalue weighted by Crippen LogP contribution is -2.56. The molecule has 0 bridgehead atoms. The second-order valence-electron chi connectivity index (χ2n) is 8.47. The number of nitrogens with one attached hydrogen (secondary N) is 1. The molecular formula is C26H30N2O7. The number of carbonyl (C=O) groups excluding carboxylic acids is 3. The lowest BCUT2D eigenvalue weighted by molar-refractivity contribution is -0.147. The number of ether oxygens (including phenoxy) is 2. The van der Waals surface area contributed by atoms with E-state index in [1.807, 2.05) is 54.6 Å². The number of carbonyl (C=O) groups is 4. The molecule has 1 aliphatic heterocycles. The zero-order chi connectivity index (χ0) is 25.4. The van der Waals surface area contributed by atoms with Crippen LogP contribution in [0.15, 0.2) is 54.6 Å². The Morgan fingerprint density at radius 2 is 1.69 bits per heavy atom. The van der Waals surface area contributed by atoms with Gasteiger partial charge in [0.05, 0.1) is 19.6 Å². The highest BCUT2D eigenvalue weighted by Crippen LogP contribution is 2.25. The van der Waals surface area contributed by atoms with Crippen molar-refractivity contribution in [2.24, 2.45) is 5.92 Å². The minimum absolute atomic E-state index is 0.0421. The van der Waals surface area contributed by atoms with Gasteiger partial charge in [-0.25, -0.2) is 9.59 Å². The number of nitrogens with zero attached hydrogens (tertiary/aromatic N) is 1. The summed E-state index contributed by atoms with van der Waals surface area (Å²) in [5.41, 5.74) is 2.59. The fourth-order valence-corrected chi connectivity index (χ4v) is 4.05. The summed E-state index contributed by atoms with van der Waals surface area (Å²) < 4.78 is 10.4. The van der Waals surface area contributed by atoms with Gasteiger partial charge in [-0.15, -0.1) is 0 Å². The van der Waals surface area contributed by atoms with E-state index in [0.29, 0.717) is 0 Å². The quantitative estimate of drug-likeness (QED) is 0.527. The molecule has 0 aromatic heterocycles. The lowest BCUT2D eigenvalue weighted by Gasteiger charge is -2.36. The Morgan fingerprint density at radius 3 is 2.34 bits per heavy atom. The van der Waals surface area contributed by atoms with E-state index in [2.05, 4.69) is 5.32 Å². The molecule has 0 unspecified atom stereocenters. The molecule has 186 valence electrons. The Bertz CT molecular complexity index is 1060. The van der Waals surface area contributed by atoms with Gasteiger partial charge in [0.2, 0.25) is 5.91 Å². The van der Waals surface area contributed by atoms with Gasteiger partial charge in [-0.1, -0.05) is 61.5 Å². The molecular weight excluding hydrogens is 452 g/mol. The van der Waals surface area contributed by atoms with Gasteiger partial charge in [0, 0.05) is 6.42 Å². The molecule has 2 amide bonds. The van der Waals surface area contributed by atoms with Crippen molar-refractivity contribution in [2.45, 2.75) is 51.9 Å². The van der Waals surface area contributed by atoms with Gasteiger partial charge < -0.3 is 19.9 Å². The van der Waals surface area contributed by atoms with E-state index in [9.17, 15) is 24.3 Å². The predicted octanol–water partition coefficient (Wildman–Crippen LogP) is 2.91. The summed E-state index contributed by atoms with van der Waals surface area (Å²) in [4.78, 5) is 51.4. The fraction of sp³-hybridized carbons (Fsp3) is 0.385. The third-order valence-corrected chi connectivity index (χ3v) is 5.92. The van der Waals surface area contributed by atoms with E-state index >= 15 is 0 Å². The standard InChI is InChI=1S/C26H30N2O7/c1-3-34-22(29)13-17(2)23(25(31)32)27-24(30)21-14-19-11-7-8-12-20(19)15-28(21)26(33)35-16-18-9-5-4-6-10-18/h4-12,17,21,23H,3,13-16H2,1-2H3,(H,27,30)(H,31,32)/t17-,21+,23-/m1/s1. The number of hydrogen-bond donors (Lipinski definition) is 2. The van der Waals surface area contributed by atoms with Crippen LogP contribution in [-0.4, -0.2) is 52.6 Å². The monoisotopic (exact) mass is 482 g/mol. The first-order chi connectivity index (χ1) is 16.8. The van der Waals surface area contributed by atoms with Crippen molar-refractivity contribution in [1.29, 1.82) is 0 Å². The SMILES string of the molecule is CCOC(=O)C[C@@H](C)[C@@H](NC(=O)[C@@H]1Cc2ccccc2CN1C(=O)OCc1ccccc1)C(=O)O. The first-order valence-corrected chi connectivity index (χ1v) is 11.5. The molecule has 0 spiro atoms. The summed E-state index contributed by atoms with van der Waals surface area (Å²) in [5.74, 6) is -3.16. The zero-order valence-electron chi connectivity index (χ0n) is 19.8. The number of carboxylic acids is 1. The molecule has 2 aromatic carbocycles. The highest BCUT2D eigenvalue weighted by Gasteiger charge is 2.38. The zero-order valence-corrected chi connectivity index (χ0v) is 19.8. The van der Waals surface area contributed by atoms with Gasteiger partial charge in [-0.05, 0) is 29.5 Å². The summed E-state index contributed by atoms with van der Waals surface area (Å²) in [6.45, 7) is 3.58. The third kappa shape index (κ3) is 6.81. The second-order valence-corrected chi connectivity index (χ2v) is 8.47.